The van der Waals surface area contributed by atoms with Crippen LogP contribution in [0, 0.1) is 5.82 Å². The zero-order valence-electron chi connectivity index (χ0n) is 18.3. The number of hydrogen-bond acceptors (Lipinski definition) is 5. The van der Waals surface area contributed by atoms with Crippen LogP contribution in [0.15, 0.2) is 47.6 Å². The van der Waals surface area contributed by atoms with Crippen molar-refractivity contribution in [3.05, 3.63) is 59.5 Å². The zero-order valence-corrected chi connectivity index (χ0v) is 18.3. The molecule has 4 rings (SSSR count). The number of nitrogens with two attached hydrogens (primary N) is 1. The van der Waals surface area contributed by atoms with Crippen LogP contribution >= 0.6 is 0 Å². The molecule has 3 N–H and O–H groups in total. The van der Waals surface area contributed by atoms with E-state index in [9.17, 15) is 4.39 Å². The van der Waals surface area contributed by atoms with Crippen molar-refractivity contribution in [1.82, 2.24) is 5.32 Å². The highest BCUT2D eigenvalue weighted by Gasteiger charge is 2.26. The number of hydrogen-bond donors (Lipinski definition) is 2. The number of fused-ring (bicyclic) bond motifs is 1. The number of rotatable bonds is 5. The number of halogens is 1. The number of nitrogens with one attached hydrogen (secondary N) is 1. The van der Waals surface area contributed by atoms with Crippen LogP contribution < -0.4 is 20.7 Å². The fourth-order valence-electron chi connectivity index (χ4n) is 4.28. The van der Waals surface area contributed by atoms with Crippen LogP contribution in [0.1, 0.15) is 37.3 Å². The van der Waals surface area contributed by atoms with E-state index in [-0.39, 0.29) is 5.82 Å². The first-order valence-electron chi connectivity index (χ1n) is 11.0. The lowest BCUT2D eigenvalue weighted by Crippen LogP contribution is -2.33. The molecule has 0 bridgehead atoms. The smallest absolute Gasteiger partial charge is 0.140 e. The Morgan fingerprint density at radius 3 is 2.61 bits per heavy atom. The summed E-state index contributed by atoms with van der Waals surface area (Å²) in [6.45, 7) is 4.21. The fraction of sp³-hybridized carbons (Fsp3) is 0.400. The Kier molecular flexibility index (Phi) is 6.56. The van der Waals surface area contributed by atoms with Crippen molar-refractivity contribution in [3.8, 4) is 11.5 Å². The molecule has 0 saturated carbocycles. The second kappa shape index (κ2) is 9.52. The van der Waals surface area contributed by atoms with Gasteiger partial charge in [-0.05, 0) is 82.1 Å². The predicted molar refractivity (Wildman–Crippen MR) is 126 cm³/mol. The fourth-order valence-corrected chi connectivity index (χ4v) is 4.28. The number of benzene rings is 2. The minimum absolute atomic E-state index is 0.284. The lowest BCUT2D eigenvalue weighted by molar-refractivity contribution is 0.460. The summed E-state index contributed by atoms with van der Waals surface area (Å²) in [5, 5.41) is 3.37. The third-order valence-electron chi connectivity index (χ3n) is 6.35. The maximum Gasteiger partial charge on any atom is 0.140 e. The molecule has 164 valence electrons. The number of piperidine rings is 1. The minimum Gasteiger partial charge on any atom is -0.456 e. The molecule has 5 nitrogen and oxygen atoms in total. The number of allylic oxidation sites excluding steroid dienone is 1. The van der Waals surface area contributed by atoms with Crippen molar-refractivity contribution in [3.63, 3.8) is 0 Å². The molecule has 1 unspecified atom stereocenters. The molecular weight excluding hydrogens is 391 g/mol. The van der Waals surface area contributed by atoms with Crippen molar-refractivity contribution in [2.75, 3.05) is 25.0 Å². The third kappa shape index (κ3) is 4.74. The van der Waals surface area contributed by atoms with Crippen LogP contribution in [0.2, 0.25) is 0 Å². The minimum atomic E-state index is -0.284. The molecule has 6 heteroatoms. The van der Waals surface area contributed by atoms with Gasteiger partial charge >= 0.3 is 0 Å². The highest BCUT2D eigenvalue weighted by Crippen LogP contribution is 2.42. The Hall–Kier alpha value is -2.86. The van der Waals surface area contributed by atoms with Crippen molar-refractivity contribution in [2.24, 2.45) is 10.7 Å². The average molecular weight is 423 g/mol. The predicted octanol–water partition coefficient (Wildman–Crippen LogP) is 4.51. The van der Waals surface area contributed by atoms with Gasteiger partial charge in [0.1, 0.15) is 17.3 Å². The van der Waals surface area contributed by atoms with Gasteiger partial charge in [0.05, 0.1) is 6.04 Å². The number of nitrogens with zero attached hydrogens (tertiary/aromatic N) is 2. The SMILES string of the molecule is CC1CCc2c(ccc(C(C=NC3CCNCC3)=CN)c2Oc2ccc(F)cc2)N1C. The molecule has 31 heavy (non-hydrogen) atoms. The summed E-state index contributed by atoms with van der Waals surface area (Å²) in [4.78, 5) is 7.09. The van der Waals surface area contributed by atoms with E-state index in [1.807, 2.05) is 6.21 Å². The first-order valence-corrected chi connectivity index (χ1v) is 11.0. The van der Waals surface area contributed by atoms with Gasteiger partial charge in [0.2, 0.25) is 0 Å². The molecule has 2 aromatic rings. The Labute approximate surface area is 183 Å². The van der Waals surface area contributed by atoms with E-state index >= 15 is 0 Å². The second-order valence-corrected chi connectivity index (χ2v) is 8.38. The largest absolute Gasteiger partial charge is 0.456 e. The number of anilines is 1. The molecule has 2 aliphatic heterocycles. The van der Waals surface area contributed by atoms with Gasteiger partial charge in [0.15, 0.2) is 0 Å². The van der Waals surface area contributed by atoms with Crippen LogP contribution in [0.3, 0.4) is 0 Å². The van der Waals surface area contributed by atoms with Gasteiger partial charge in [-0.2, -0.15) is 0 Å². The summed E-state index contributed by atoms with van der Waals surface area (Å²) >= 11 is 0. The quantitative estimate of drug-likeness (QED) is 0.696. The van der Waals surface area contributed by atoms with Crippen molar-refractivity contribution >= 4 is 17.5 Å². The van der Waals surface area contributed by atoms with Gasteiger partial charge < -0.3 is 20.7 Å². The lowest BCUT2D eigenvalue weighted by Gasteiger charge is -2.35. The second-order valence-electron chi connectivity index (χ2n) is 8.38. The average Bonchev–Trinajstić information content (AvgIpc) is 2.80. The molecule has 1 saturated heterocycles. The van der Waals surface area contributed by atoms with E-state index in [0.717, 1.165) is 66.9 Å². The molecule has 0 amide bonds. The summed E-state index contributed by atoms with van der Waals surface area (Å²) < 4.78 is 19.8. The summed E-state index contributed by atoms with van der Waals surface area (Å²) in [6.07, 6.45) is 7.48. The van der Waals surface area contributed by atoms with Crippen molar-refractivity contribution in [1.29, 1.82) is 0 Å². The highest BCUT2D eigenvalue weighted by atomic mass is 19.1. The molecule has 2 heterocycles. The summed E-state index contributed by atoms with van der Waals surface area (Å²) in [7, 11) is 2.11. The van der Waals surface area contributed by atoms with E-state index < -0.39 is 0 Å². The normalized spacial score (nSPS) is 20.2. The zero-order chi connectivity index (χ0) is 21.8. The van der Waals surface area contributed by atoms with E-state index in [4.69, 9.17) is 15.5 Å². The van der Waals surface area contributed by atoms with Crippen LogP contribution in [0.4, 0.5) is 10.1 Å². The Bertz CT molecular complexity index is 964. The molecule has 2 aliphatic rings. The molecule has 1 atom stereocenters. The van der Waals surface area contributed by atoms with E-state index in [0.29, 0.717) is 17.8 Å². The van der Waals surface area contributed by atoms with Crippen LogP contribution in [0.25, 0.3) is 5.57 Å². The van der Waals surface area contributed by atoms with Gasteiger partial charge in [0.25, 0.3) is 0 Å². The Morgan fingerprint density at radius 2 is 1.90 bits per heavy atom. The molecular formula is C25H31FN4O. The first kappa shape index (κ1) is 21.4. The molecule has 0 aromatic heterocycles. The topological polar surface area (TPSA) is 62.9 Å². The van der Waals surface area contributed by atoms with Gasteiger partial charge in [-0.15, -0.1) is 0 Å². The van der Waals surface area contributed by atoms with E-state index in [2.05, 4.69) is 36.3 Å². The van der Waals surface area contributed by atoms with Crippen LogP contribution in [-0.4, -0.2) is 38.4 Å². The van der Waals surface area contributed by atoms with Gasteiger partial charge in [-0.25, -0.2) is 4.39 Å². The Morgan fingerprint density at radius 1 is 1.16 bits per heavy atom. The highest BCUT2D eigenvalue weighted by molar-refractivity contribution is 6.11. The summed E-state index contributed by atoms with van der Waals surface area (Å²) in [5.74, 6) is 1.09. The molecule has 0 aliphatic carbocycles. The van der Waals surface area contributed by atoms with E-state index in [1.54, 1.807) is 18.3 Å². The molecule has 1 fully saturated rings. The summed E-state index contributed by atoms with van der Waals surface area (Å²) in [5.41, 5.74) is 10.1. The van der Waals surface area contributed by atoms with Gasteiger partial charge in [-0.3, -0.25) is 4.99 Å². The standard InChI is InChI=1S/C25H31FN4O/c1-17-3-8-23-24(30(17)2)10-9-22(25(23)31-21-6-4-19(26)5-7-21)18(15-27)16-29-20-11-13-28-14-12-20/h4-7,9-10,15-17,20,28H,3,8,11-14,27H2,1-2H3. The maximum absolute atomic E-state index is 13.4. The molecule has 0 spiro atoms. The third-order valence-corrected chi connectivity index (χ3v) is 6.35. The Balaban J connectivity index is 1.73. The molecule has 2 aromatic carbocycles. The number of aliphatic imine (C=N–C) groups is 1. The van der Waals surface area contributed by atoms with Crippen LogP contribution in [-0.2, 0) is 6.42 Å². The van der Waals surface area contributed by atoms with Crippen molar-refractivity contribution < 1.29 is 9.13 Å². The van der Waals surface area contributed by atoms with Gasteiger partial charge in [0, 0.05) is 47.9 Å². The first-order chi connectivity index (χ1) is 15.1. The van der Waals surface area contributed by atoms with Crippen molar-refractivity contribution in [2.45, 2.75) is 44.7 Å². The molecule has 0 radical (unpaired) electrons. The number of ether oxygens (including phenoxy) is 1. The lowest BCUT2D eigenvalue weighted by atomic mass is 9.92. The van der Waals surface area contributed by atoms with Gasteiger partial charge in [-0.1, -0.05) is 0 Å². The van der Waals surface area contributed by atoms with Crippen LogP contribution in [0.5, 0.6) is 11.5 Å². The van der Waals surface area contributed by atoms with E-state index in [1.165, 1.54) is 12.1 Å². The monoisotopic (exact) mass is 422 g/mol. The maximum atomic E-state index is 13.4. The summed E-state index contributed by atoms with van der Waals surface area (Å²) in [6, 6.07) is 11.1.